The summed E-state index contributed by atoms with van der Waals surface area (Å²) in [6, 6.07) is 4.74. The zero-order valence-corrected chi connectivity index (χ0v) is 12.6. The minimum atomic E-state index is -1.14. The van der Waals surface area contributed by atoms with Crippen LogP contribution in [-0.4, -0.2) is 22.0 Å². The van der Waals surface area contributed by atoms with Gasteiger partial charge in [0.15, 0.2) is 0 Å². The van der Waals surface area contributed by atoms with E-state index < -0.39 is 17.7 Å². The number of benzene rings is 1. The molecule has 5 nitrogen and oxygen atoms in total. The highest BCUT2D eigenvalue weighted by Crippen LogP contribution is 2.31. The first-order valence-corrected chi connectivity index (χ1v) is 6.71. The van der Waals surface area contributed by atoms with Crippen LogP contribution >= 0.6 is 27.5 Å². The molecule has 1 heterocycles. The average molecular weight is 374 g/mol. The van der Waals surface area contributed by atoms with Gasteiger partial charge in [-0.25, -0.2) is 9.18 Å². The predicted molar refractivity (Wildman–Crippen MR) is 78.3 cm³/mol. The normalized spacial score (nSPS) is 10.2. The number of aromatic carboxylic acids is 1. The summed E-state index contributed by atoms with van der Waals surface area (Å²) in [5.74, 6) is -2.28. The molecule has 8 heteroatoms. The van der Waals surface area contributed by atoms with Crippen molar-refractivity contribution in [1.82, 2.24) is 4.98 Å². The fourth-order valence-electron chi connectivity index (χ4n) is 1.49. The van der Waals surface area contributed by atoms with Crippen molar-refractivity contribution in [2.45, 2.75) is 0 Å². The molecule has 1 amide bonds. The number of pyridine rings is 1. The summed E-state index contributed by atoms with van der Waals surface area (Å²) in [6.45, 7) is 0. The molecule has 108 valence electrons. The highest BCUT2D eigenvalue weighted by atomic mass is 79.9. The van der Waals surface area contributed by atoms with E-state index in [4.69, 9.17) is 16.7 Å². The molecule has 0 saturated heterocycles. The number of halogens is 3. The summed E-state index contributed by atoms with van der Waals surface area (Å²) in [7, 11) is 0. The summed E-state index contributed by atoms with van der Waals surface area (Å²) in [5.41, 5.74) is 0.173. The van der Waals surface area contributed by atoms with Crippen LogP contribution in [-0.2, 0) is 0 Å². The number of hydrogen-bond donors (Lipinski definition) is 2. The van der Waals surface area contributed by atoms with Crippen molar-refractivity contribution >= 4 is 45.1 Å². The molecule has 21 heavy (non-hydrogen) atoms. The lowest BCUT2D eigenvalue weighted by Gasteiger charge is -2.09. The quantitative estimate of drug-likeness (QED) is 0.862. The van der Waals surface area contributed by atoms with Crippen molar-refractivity contribution in [1.29, 1.82) is 0 Å². The molecule has 0 unspecified atom stereocenters. The van der Waals surface area contributed by atoms with E-state index in [0.29, 0.717) is 0 Å². The van der Waals surface area contributed by atoms with Crippen LogP contribution in [0.4, 0.5) is 10.1 Å². The molecule has 0 radical (unpaired) electrons. The molecule has 2 rings (SSSR count). The second-order valence-electron chi connectivity index (χ2n) is 3.94. The largest absolute Gasteiger partial charge is 0.478 e. The Morgan fingerprint density at radius 2 is 2.05 bits per heavy atom. The number of hydrogen-bond acceptors (Lipinski definition) is 3. The number of aromatic nitrogens is 1. The third kappa shape index (κ3) is 3.56. The smallest absolute Gasteiger partial charge is 0.337 e. The molecule has 0 aliphatic carbocycles. The molecule has 1 aromatic heterocycles. The van der Waals surface area contributed by atoms with Crippen molar-refractivity contribution in [3.05, 3.63) is 57.0 Å². The van der Waals surface area contributed by atoms with Gasteiger partial charge in [-0.05, 0) is 40.2 Å². The van der Waals surface area contributed by atoms with Crippen LogP contribution in [0.3, 0.4) is 0 Å². The molecule has 0 aliphatic rings. The average Bonchev–Trinajstić information content (AvgIpc) is 2.42. The zero-order chi connectivity index (χ0) is 15.6. The number of carboxylic acid groups (broad SMARTS) is 1. The first-order valence-electron chi connectivity index (χ1n) is 5.53. The van der Waals surface area contributed by atoms with E-state index in [0.717, 1.165) is 18.3 Å². The lowest BCUT2D eigenvalue weighted by Crippen LogP contribution is -2.15. The number of anilines is 1. The van der Waals surface area contributed by atoms with Crippen LogP contribution in [0.1, 0.15) is 20.8 Å². The number of carbonyl (C=O) groups is 2. The summed E-state index contributed by atoms with van der Waals surface area (Å²) in [4.78, 5) is 26.4. The SMILES string of the molecule is O=C(O)c1ccc(C(=O)Nc2c(Cl)cc(F)cc2Br)nc1. The second-order valence-corrected chi connectivity index (χ2v) is 5.20. The van der Waals surface area contributed by atoms with Gasteiger partial charge >= 0.3 is 5.97 Å². The molecule has 2 aromatic rings. The minimum absolute atomic E-state index is 0.00675. The first-order chi connectivity index (χ1) is 9.88. The van der Waals surface area contributed by atoms with Gasteiger partial charge < -0.3 is 10.4 Å². The maximum atomic E-state index is 13.1. The number of nitrogens with zero attached hydrogens (tertiary/aromatic N) is 1. The summed E-state index contributed by atoms with van der Waals surface area (Å²) in [5, 5.41) is 11.3. The van der Waals surface area contributed by atoms with Crippen molar-refractivity contribution in [2.75, 3.05) is 5.32 Å². The van der Waals surface area contributed by atoms with Crippen molar-refractivity contribution in [3.63, 3.8) is 0 Å². The Hall–Kier alpha value is -1.99. The highest BCUT2D eigenvalue weighted by Gasteiger charge is 2.14. The first kappa shape index (κ1) is 15.4. The lowest BCUT2D eigenvalue weighted by molar-refractivity contribution is 0.0696. The van der Waals surface area contributed by atoms with E-state index in [-0.39, 0.29) is 26.4 Å². The molecular formula is C13H7BrClFN2O3. The third-order valence-corrected chi connectivity index (χ3v) is 3.41. The Morgan fingerprint density at radius 3 is 2.57 bits per heavy atom. The van der Waals surface area contributed by atoms with E-state index in [1.807, 2.05) is 0 Å². The van der Waals surface area contributed by atoms with Crippen molar-refractivity contribution in [3.8, 4) is 0 Å². The van der Waals surface area contributed by atoms with E-state index in [2.05, 4.69) is 26.2 Å². The summed E-state index contributed by atoms with van der Waals surface area (Å²) < 4.78 is 13.4. The number of rotatable bonds is 3. The molecule has 0 spiro atoms. The Balaban J connectivity index is 2.24. The Labute approximate surface area is 131 Å². The lowest BCUT2D eigenvalue weighted by atomic mass is 10.2. The van der Waals surface area contributed by atoms with Gasteiger partial charge in [0.2, 0.25) is 0 Å². The van der Waals surface area contributed by atoms with Gasteiger partial charge in [-0.15, -0.1) is 0 Å². The van der Waals surface area contributed by atoms with Crippen LogP contribution in [0.15, 0.2) is 34.9 Å². The summed E-state index contributed by atoms with van der Waals surface area (Å²) >= 11 is 8.94. The highest BCUT2D eigenvalue weighted by molar-refractivity contribution is 9.10. The van der Waals surface area contributed by atoms with Crippen LogP contribution in [0.25, 0.3) is 0 Å². The molecule has 0 saturated carbocycles. The molecular weight excluding hydrogens is 367 g/mol. The Kier molecular flexibility index (Phi) is 4.54. The van der Waals surface area contributed by atoms with Gasteiger partial charge in [0.1, 0.15) is 11.5 Å². The van der Waals surface area contributed by atoms with Crippen LogP contribution in [0.2, 0.25) is 5.02 Å². The van der Waals surface area contributed by atoms with E-state index in [9.17, 15) is 14.0 Å². The monoisotopic (exact) mass is 372 g/mol. The number of amides is 1. The van der Waals surface area contributed by atoms with Gasteiger partial charge in [-0.3, -0.25) is 9.78 Å². The van der Waals surface area contributed by atoms with Crippen LogP contribution < -0.4 is 5.32 Å². The van der Waals surface area contributed by atoms with Crippen molar-refractivity contribution < 1.29 is 19.1 Å². The maximum absolute atomic E-state index is 13.1. The van der Waals surface area contributed by atoms with Gasteiger partial charge in [-0.2, -0.15) is 0 Å². The Morgan fingerprint density at radius 1 is 1.33 bits per heavy atom. The van der Waals surface area contributed by atoms with Crippen LogP contribution in [0, 0.1) is 5.82 Å². The number of carbonyl (C=O) groups excluding carboxylic acids is 1. The third-order valence-electron chi connectivity index (χ3n) is 2.49. The number of carboxylic acids is 1. The number of nitrogens with one attached hydrogen (secondary N) is 1. The topological polar surface area (TPSA) is 79.3 Å². The maximum Gasteiger partial charge on any atom is 0.337 e. The van der Waals surface area contributed by atoms with Gasteiger partial charge in [0.25, 0.3) is 5.91 Å². The molecule has 1 aromatic carbocycles. The van der Waals surface area contributed by atoms with Gasteiger partial charge in [0.05, 0.1) is 16.3 Å². The summed E-state index contributed by atoms with van der Waals surface area (Å²) in [6.07, 6.45) is 1.07. The standard InChI is InChI=1S/C13H7BrClFN2O3/c14-8-3-7(16)4-9(15)11(8)18-12(19)10-2-1-6(5-17-10)13(20)21/h1-5H,(H,18,19)(H,20,21). The van der Waals surface area contributed by atoms with E-state index in [1.165, 1.54) is 12.1 Å². The van der Waals surface area contributed by atoms with Crippen LogP contribution in [0.5, 0.6) is 0 Å². The van der Waals surface area contributed by atoms with E-state index >= 15 is 0 Å². The fraction of sp³-hybridized carbons (Fsp3) is 0. The molecule has 0 bridgehead atoms. The fourth-order valence-corrected chi connectivity index (χ4v) is 2.39. The molecule has 2 N–H and O–H groups in total. The van der Waals surface area contributed by atoms with E-state index in [1.54, 1.807) is 0 Å². The second kappa shape index (κ2) is 6.19. The molecule has 0 fully saturated rings. The van der Waals surface area contributed by atoms with Gasteiger partial charge in [-0.1, -0.05) is 11.6 Å². The minimum Gasteiger partial charge on any atom is -0.478 e. The zero-order valence-electron chi connectivity index (χ0n) is 10.2. The molecule has 0 aliphatic heterocycles. The predicted octanol–water partition coefficient (Wildman–Crippen LogP) is 3.59. The van der Waals surface area contributed by atoms with Gasteiger partial charge in [0, 0.05) is 10.7 Å². The Bertz CT molecular complexity index is 699. The van der Waals surface area contributed by atoms with Crippen molar-refractivity contribution in [2.24, 2.45) is 0 Å². The molecule has 0 atom stereocenters.